The first-order valence-electron chi connectivity index (χ1n) is 10.4. The second-order valence-electron chi connectivity index (χ2n) is 8.11. The average molecular weight is 367 g/mol. The molecule has 0 saturated heterocycles. The summed E-state index contributed by atoms with van der Waals surface area (Å²) in [7, 11) is 0. The van der Waals surface area contributed by atoms with Crippen LogP contribution < -0.4 is 10.6 Å². The monoisotopic (exact) mass is 366 g/mol. The Morgan fingerprint density at radius 3 is 1.56 bits per heavy atom. The van der Waals surface area contributed by atoms with Gasteiger partial charge in [-0.05, 0) is 74.2 Å². The van der Waals surface area contributed by atoms with Gasteiger partial charge in [0.25, 0.3) is 0 Å². The first-order chi connectivity index (χ1) is 13.2. The fraction of sp³-hybridized carbons (Fsp3) is 0.500. The number of aliphatic hydroxyl groups excluding tert-OH is 1. The molecular formula is C24H34N2O. The second-order valence-corrected chi connectivity index (χ2v) is 8.11. The molecule has 2 aromatic rings. The normalized spacial score (nSPS) is 19.9. The van der Waals surface area contributed by atoms with Gasteiger partial charge < -0.3 is 15.7 Å². The van der Waals surface area contributed by atoms with E-state index in [1.165, 1.54) is 42.4 Å². The van der Waals surface area contributed by atoms with E-state index in [-0.39, 0.29) is 6.61 Å². The largest absolute Gasteiger partial charge is 0.392 e. The lowest BCUT2D eigenvalue weighted by atomic mass is 9.82. The first-order valence-corrected chi connectivity index (χ1v) is 10.4. The average Bonchev–Trinajstić information content (AvgIpc) is 2.71. The van der Waals surface area contributed by atoms with Crippen molar-refractivity contribution < 1.29 is 5.11 Å². The van der Waals surface area contributed by atoms with Crippen LogP contribution in [0.5, 0.6) is 0 Å². The molecule has 1 saturated carbocycles. The maximum atomic E-state index is 9.10. The van der Waals surface area contributed by atoms with Crippen molar-refractivity contribution in [3.8, 4) is 0 Å². The Hall–Kier alpha value is -1.68. The molecule has 0 spiro atoms. The predicted molar refractivity (Wildman–Crippen MR) is 112 cm³/mol. The standard InChI is InChI=1S/C24H34N2O/c1-19-2-4-20(5-3-19)14-25-15-21-6-8-22(9-7-21)16-26-17-23-10-12-24(18-27)13-11-23/h2-5,10-13,21-22,25-27H,6-9,14-18H2,1H3. The van der Waals surface area contributed by atoms with Crippen LogP contribution in [0.2, 0.25) is 0 Å². The number of nitrogens with one attached hydrogen (secondary N) is 2. The summed E-state index contributed by atoms with van der Waals surface area (Å²) in [5.41, 5.74) is 4.98. The van der Waals surface area contributed by atoms with Crippen molar-refractivity contribution >= 4 is 0 Å². The van der Waals surface area contributed by atoms with Gasteiger partial charge in [0.15, 0.2) is 0 Å². The molecule has 27 heavy (non-hydrogen) atoms. The van der Waals surface area contributed by atoms with Gasteiger partial charge in [0.05, 0.1) is 6.61 Å². The summed E-state index contributed by atoms with van der Waals surface area (Å²) in [6.45, 7) is 6.42. The molecule has 1 fully saturated rings. The zero-order chi connectivity index (χ0) is 18.9. The lowest BCUT2D eigenvalue weighted by Crippen LogP contribution is -2.30. The summed E-state index contributed by atoms with van der Waals surface area (Å²) in [5.74, 6) is 1.65. The van der Waals surface area contributed by atoms with E-state index in [4.69, 9.17) is 5.11 Å². The van der Waals surface area contributed by atoms with Gasteiger partial charge in [-0.3, -0.25) is 0 Å². The summed E-state index contributed by atoms with van der Waals surface area (Å²) >= 11 is 0. The molecule has 0 radical (unpaired) electrons. The van der Waals surface area contributed by atoms with E-state index in [9.17, 15) is 0 Å². The number of aryl methyl sites for hydroxylation is 1. The van der Waals surface area contributed by atoms with Crippen molar-refractivity contribution in [3.63, 3.8) is 0 Å². The second kappa shape index (κ2) is 10.6. The SMILES string of the molecule is Cc1ccc(CNCC2CCC(CNCc3ccc(CO)cc3)CC2)cc1. The maximum absolute atomic E-state index is 9.10. The van der Waals surface area contributed by atoms with Crippen LogP contribution in [0.1, 0.15) is 47.9 Å². The van der Waals surface area contributed by atoms with Crippen LogP contribution in [0.4, 0.5) is 0 Å². The Labute approximate surface area is 164 Å². The molecule has 0 bridgehead atoms. The van der Waals surface area contributed by atoms with Gasteiger partial charge >= 0.3 is 0 Å². The Bertz CT molecular complexity index is 658. The van der Waals surface area contributed by atoms with Crippen molar-refractivity contribution in [2.75, 3.05) is 13.1 Å². The van der Waals surface area contributed by atoms with Gasteiger partial charge in [-0.15, -0.1) is 0 Å². The maximum Gasteiger partial charge on any atom is 0.0681 e. The molecule has 146 valence electrons. The van der Waals surface area contributed by atoms with Gasteiger partial charge in [0, 0.05) is 13.1 Å². The molecule has 0 atom stereocenters. The van der Waals surface area contributed by atoms with Crippen LogP contribution in [-0.4, -0.2) is 18.2 Å². The quantitative estimate of drug-likeness (QED) is 0.624. The molecule has 1 aliphatic rings. The fourth-order valence-electron chi connectivity index (χ4n) is 3.95. The summed E-state index contributed by atoms with van der Waals surface area (Å²) in [4.78, 5) is 0. The van der Waals surface area contributed by atoms with Crippen molar-refractivity contribution in [3.05, 3.63) is 70.8 Å². The Balaban J connectivity index is 1.27. The van der Waals surface area contributed by atoms with Crippen molar-refractivity contribution in [1.29, 1.82) is 0 Å². The third-order valence-electron chi connectivity index (χ3n) is 5.82. The van der Waals surface area contributed by atoms with E-state index >= 15 is 0 Å². The van der Waals surface area contributed by atoms with E-state index in [0.717, 1.165) is 43.6 Å². The topological polar surface area (TPSA) is 44.3 Å². The molecule has 0 unspecified atom stereocenters. The molecule has 3 heteroatoms. The minimum Gasteiger partial charge on any atom is -0.392 e. The van der Waals surface area contributed by atoms with Crippen LogP contribution in [0, 0.1) is 18.8 Å². The van der Waals surface area contributed by atoms with Crippen molar-refractivity contribution in [2.24, 2.45) is 11.8 Å². The third-order valence-corrected chi connectivity index (χ3v) is 5.82. The lowest BCUT2D eigenvalue weighted by molar-refractivity contribution is 0.261. The Morgan fingerprint density at radius 2 is 1.11 bits per heavy atom. The molecule has 2 aromatic carbocycles. The van der Waals surface area contributed by atoms with E-state index < -0.39 is 0 Å². The fourth-order valence-corrected chi connectivity index (χ4v) is 3.95. The molecule has 0 amide bonds. The number of hydrogen-bond donors (Lipinski definition) is 3. The van der Waals surface area contributed by atoms with Crippen LogP contribution in [0.25, 0.3) is 0 Å². The molecule has 0 aromatic heterocycles. The summed E-state index contributed by atoms with van der Waals surface area (Å²) in [5, 5.41) is 16.4. The van der Waals surface area contributed by atoms with Crippen molar-refractivity contribution in [1.82, 2.24) is 10.6 Å². The van der Waals surface area contributed by atoms with E-state index in [1.807, 2.05) is 12.1 Å². The Morgan fingerprint density at radius 1 is 0.704 bits per heavy atom. The molecule has 1 aliphatic carbocycles. The number of aliphatic hydroxyl groups is 1. The first kappa shape index (κ1) is 20.1. The minimum atomic E-state index is 0.122. The minimum absolute atomic E-state index is 0.122. The molecular weight excluding hydrogens is 332 g/mol. The molecule has 3 N–H and O–H groups in total. The lowest BCUT2D eigenvalue weighted by Gasteiger charge is -2.29. The van der Waals surface area contributed by atoms with Gasteiger partial charge in [-0.1, -0.05) is 54.1 Å². The zero-order valence-corrected chi connectivity index (χ0v) is 16.6. The summed E-state index contributed by atoms with van der Waals surface area (Å²) < 4.78 is 0. The van der Waals surface area contributed by atoms with Crippen molar-refractivity contribution in [2.45, 2.75) is 52.3 Å². The molecule has 0 heterocycles. The third kappa shape index (κ3) is 6.76. The molecule has 3 rings (SSSR count). The van der Waals surface area contributed by atoms with Gasteiger partial charge in [0.2, 0.25) is 0 Å². The highest BCUT2D eigenvalue weighted by Crippen LogP contribution is 2.28. The number of hydrogen-bond acceptors (Lipinski definition) is 3. The van der Waals surface area contributed by atoms with E-state index in [2.05, 4.69) is 54.0 Å². The zero-order valence-electron chi connectivity index (χ0n) is 16.6. The highest BCUT2D eigenvalue weighted by Gasteiger charge is 2.20. The highest BCUT2D eigenvalue weighted by molar-refractivity contribution is 5.22. The van der Waals surface area contributed by atoms with Crippen LogP contribution in [0.3, 0.4) is 0 Å². The number of rotatable bonds is 9. The van der Waals surface area contributed by atoms with Crippen LogP contribution in [0.15, 0.2) is 48.5 Å². The van der Waals surface area contributed by atoms with Crippen LogP contribution in [-0.2, 0) is 19.7 Å². The van der Waals surface area contributed by atoms with Crippen LogP contribution >= 0.6 is 0 Å². The number of benzene rings is 2. The molecule has 3 nitrogen and oxygen atoms in total. The predicted octanol–water partition coefficient (Wildman–Crippen LogP) is 4.17. The van der Waals surface area contributed by atoms with Gasteiger partial charge in [-0.25, -0.2) is 0 Å². The summed E-state index contributed by atoms with van der Waals surface area (Å²) in [6, 6.07) is 17.1. The highest BCUT2D eigenvalue weighted by atomic mass is 16.3. The van der Waals surface area contributed by atoms with Gasteiger partial charge in [-0.2, -0.15) is 0 Å². The van der Waals surface area contributed by atoms with E-state index in [1.54, 1.807) is 0 Å². The smallest absolute Gasteiger partial charge is 0.0681 e. The van der Waals surface area contributed by atoms with Gasteiger partial charge in [0.1, 0.15) is 0 Å². The Kier molecular flexibility index (Phi) is 7.88. The molecule has 0 aliphatic heterocycles. The van der Waals surface area contributed by atoms with E-state index in [0.29, 0.717) is 0 Å². The summed E-state index contributed by atoms with van der Waals surface area (Å²) in [6.07, 6.45) is 5.37.